The molecule has 178 valence electrons. The lowest BCUT2D eigenvalue weighted by Crippen LogP contribution is -1.78. The minimum absolute atomic E-state index is 1.08. The van der Waals surface area contributed by atoms with Gasteiger partial charge in [-0.05, 0) is 83.6 Å². The molecule has 0 bridgehead atoms. The van der Waals surface area contributed by atoms with E-state index in [1.54, 1.807) is 0 Å². The van der Waals surface area contributed by atoms with Gasteiger partial charge in [0.1, 0.15) is 0 Å². The fourth-order valence-electron chi connectivity index (χ4n) is 4.27. The van der Waals surface area contributed by atoms with Crippen LogP contribution in [-0.2, 0) is 12.8 Å². The molecule has 4 aromatic heterocycles. The van der Waals surface area contributed by atoms with Crippen LogP contribution >= 0.6 is 45.3 Å². The second-order valence-electron chi connectivity index (χ2n) is 8.76. The molecule has 36 heavy (non-hydrogen) atoms. The maximum Gasteiger partial charge on any atom is 0.0449 e. The van der Waals surface area contributed by atoms with Crippen LogP contribution in [0.4, 0.5) is 0 Å². The summed E-state index contributed by atoms with van der Waals surface area (Å²) in [7, 11) is 0. The highest BCUT2D eigenvalue weighted by Gasteiger charge is 2.12. The van der Waals surface area contributed by atoms with Crippen LogP contribution in [0.2, 0.25) is 0 Å². The number of thiophene rings is 4. The molecule has 6 rings (SSSR count). The zero-order valence-electron chi connectivity index (χ0n) is 20.3. The van der Waals surface area contributed by atoms with Gasteiger partial charge in [-0.15, -0.1) is 45.3 Å². The molecule has 4 heterocycles. The third kappa shape index (κ3) is 4.79. The molecule has 0 atom stereocenters. The van der Waals surface area contributed by atoms with E-state index in [0.717, 1.165) is 12.8 Å². The van der Waals surface area contributed by atoms with Crippen LogP contribution in [0.25, 0.3) is 50.1 Å². The predicted molar refractivity (Wildman–Crippen MR) is 164 cm³/mol. The molecule has 0 saturated heterocycles. The molecule has 0 aliphatic heterocycles. The zero-order valence-corrected chi connectivity index (χ0v) is 23.6. The van der Waals surface area contributed by atoms with Gasteiger partial charge >= 0.3 is 0 Å². The molecule has 0 nitrogen and oxygen atoms in total. The largest absolute Gasteiger partial charge is 0.134 e. The first-order chi connectivity index (χ1) is 17.7. The van der Waals surface area contributed by atoms with Crippen molar-refractivity contribution in [3.8, 4) is 50.1 Å². The molecule has 0 aliphatic carbocycles. The summed E-state index contributed by atoms with van der Waals surface area (Å²) >= 11 is 7.55. The highest BCUT2D eigenvalue weighted by Crippen LogP contribution is 2.44. The second kappa shape index (κ2) is 10.3. The third-order valence-corrected chi connectivity index (χ3v) is 11.5. The van der Waals surface area contributed by atoms with Crippen molar-refractivity contribution >= 4 is 45.3 Å². The molecule has 0 N–H and O–H groups in total. The summed E-state index contributed by atoms with van der Waals surface area (Å²) in [5.41, 5.74) is 5.38. The van der Waals surface area contributed by atoms with Gasteiger partial charge in [0.15, 0.2) is 0 Å². The van der Waals surface area contributed by atoms with E-state index < -0.39 is 0 Å². The number of hydrogen-bond donors (Lipinski definition) is 0. The fourth-order valence-corrected chi connectivity index (χ4v) is 8.57. The van der Waals surface area contributed by atoms with Gasteiger partial charge in [-0.25, -0.2) is 0 Å². The molecule has 0 amide bonds. The van der Waals surface area contributed by atoms with Crippen molar-refractivity contribution in [2.45, 2.75) is 26.7 Å². The fraction of sp³-hybridized carbons (Fsp3) is 0.125. The van der Waals surface area contributed by atoms with E-state index in [1.165, 1.54) is 61.3 Å². The Bertz CT molecular complexity index is 1460. The lowest BCUT2D eigenvalue weighted by atomic mass is 10.1. The summed E-state index contributed by atoms with van der Waals surface area (Å²) < 4.78 is 0. The van der Waals surface area contributed by atoms with Crippen molar-refractivity contribution in [1.82, 2.24) is 0 Å². The van der Waals surface area contributed by atoms with E-state index in [1.807, 2.05) is 45.3 Å². The summed E-state index contributed by atoms with van der Waals surface area (Å²) in [6.45, 7) is 4.40. The van der Waals surface area contributed by atoms with Crippen LogP contribution in [0.3, 0.4) is 0 Å². The normalized spacial score (nSPS) is 11.3. The van der Waals surface area contributed by atoms with Gasteiger partial charge in [0.25, 0.3) is 0 Å². The van der Waals surface area contributed by atoms with Crippen molar-refractivity contribution in [2.75, 3.05) is 0 Å². The Hall–Kier alpha value is -2.76. The summed E-state index contributed by atoms with van der Waals surface area (Å²) in [6.07, 6.45) is 2.16. The Labute approximate surface area is 229 Å². The summed E-state index contributed by atoms with van der Waals surface area (Å²) in [5, 5.41) is 0. The minimum atomic E-state index is 1.08. The number of aryl methyl sites for hydroxylation is 2. The highest BCUT2D eigenvalue weighted by molar-refractivity contribution is 7.29. The van der Waals surface area contributed by atoms with Crippen LogP contribution in [0.1, 0.15) is 25.0 Å². The number of hydrogen-bond acceptors (Lipinski definition) is 4. The van der Waals surface area contributed by atoms with Gasteiger partial charge in [0.2, 0.25) is 0 Å². The molecule has 4 heteroatoms. The van der Waals surface area contributed by atoms with Crippen molar-refractivity contribution in [2.24, 2.45) is 0 Å². The quantitative estimate of drug-likeness (QED) is 0.190. The lowest BCUT2D eigenvalue weighted by Gasteiger charge is -1.99. The van der Waals surface area contributed by atoms with Gasteiger partial charge in [0, 0.05) is 39.0 Å². The third-order valence-electron chi connectivity index (χ3n) is 6.45. The lowest BCUT2D eigenvalue weighted by molar-refractivity contribution is 1.14. The predicted octanol–water partition coefficient (Wildman–Crippen LogP) is 11.4. The van der Waals surface area contributed by atoms with E-state index in [9.17, 15) is 0 Å². The maximum atomic E-state index is 2.28. The van der Waals surface area contributed by atoms with Gasteiger partial charge in [0.05, 0.1) is 0 Å². The highest BCUT2D eigenvalue weighted by atomic mass is 32.1. The minimum Gasteiger partial charge on any atom is -0.134 e. The van der Waals surface area contributed by atoms with Crippen LogP contribution in [-0.4, -0.2) is 0 Å². The van der Waals surface area contributed by atoms with Crippen molar-refractivity contribution in [3.63, 3.8) is 0 Å². The monoisotopic (exact) mass is 538 g/mol. The Kier molecular flexibility index (Phi) is 6.77. The average Bonchev–Trinajstić information content (AvgIpc) is 3.74. The van der Waals surface area contributed by atoms with Crippen LogP contribution < -0.4 is 0 Å². The molecule has 0 spiro atoms. The summed E-state index contributed by atoms with van der Waals surface area (Å²) in [6, 6.07) is 36.1. The summed E-state index contributed by atoms with van der Waals surface area (Å²) in [4.78, 5) is 10.7. The first-order valence-electron chi connectivity index (χ1n) is 12.3. The van der Waals surface area contributed by atoms with E-state index >= 15 is 0 Å². The topological polar surface area (TPSA) is 0 Å². The molecule has 6 aromatic rings. The Morgan fingerprint density at radius 1 is 0.333 bits per heavy atom. The van der Waals surface area contributed by atoms with Crippen LogP contribution in [0, 0.1) is 0 Å². The van der Waals surface area contributed by atoms with Gasteiger partial charge in [-0.3, -0.25) is 0 Å². The number of benzene rings is 2. The van der Waals surface area contributed by atoms with Crippen LogP contribution in [0.15, 0.2) is 97.1 Å². The van der Waals surface area contributed by atoms with E-state index in [-0.39, 0.29) is 0 Å². The zero-order chi connectivity index (χ0) is 24.5. The smallest absolute Gasteiger partial charge is 0.0449 e. The molecule has 0 radical (unpaired) electrons. The first kappa shape index (κ1) is 23.6. The Balaban J connectivity index is 1.20. The molecule has 2 aromatic carbocycles. The molecule has 0 aliphatic rings. The van der Waals surface area contributed by atoms with E-state index in [4.69, 9.17) is 0 Å². The average molecular weight is 539 g/mol. The van der Waals surface area contributed by atoms with E-state index in [0.29, 0.717) is 0 Å². The summed E-state index contributed by atoms with van der Waals surface area (Å²) in [5.74, 6) is 0. The second-order valence-corrected chi connectivity index (χ2v) is 13.1. The van der Waals surface area contributed by atoms with Gasteiger partial charge in [-0.1, -0.05) is 62.4 Å². The van der Waals surface area contributed by atoms with Crippen molar-refractivity contribution < 1.29 is 0 Å². The van der Waals surface area contributed by atoms with Crippen molar-refractivity contribution in [1.29, 1.82) is 0 Å². The SMILES string of the molecule is CCc1ccc(-c2ccc(-c3ccc(-c4ccc(-c5ccc(-c6ccc(CC)cc6)s5)s4)s3)s2)cc1. The maximum absolute atomic E-state index is 2.28. The Morgan fingerprint density at radius 3 is 0.861 bits per heavy atom. The number of rotatable bonds is 7. The molecule has 0 fully saturated rings. The standard InChI is InChI=1S/C32H26S4/c1-3-21-5-9-23(10-6-21)25-13-15-27(33-25)29-17-19-31(35-29)32-20-18-30(36-32)28-16-14-26(34-28)24-11-7-22(4-2)8-12-24/h5-20H,3-4H2,1-2H3. The van der Waals surface area contributed by atoms with Gasteiger partial charge < -0.3 is 0 Å². The first-order valence-corrected chi connectivity index (χ1v) is 15.6. The molecular formula is C32H26S4. The molecular weight excluding hydrogens is 513 g/mol. The molecule has 0 saturated carbocycles. The van der Waals surface area contributed by atoms with E-state index in [2.05, 4.69) is 111 Å². The van der Waals surface area contributed by atoms with Crippen LogP contribution in [0.5, 0.6) is 0 Å². The van der Waals surface area contributed by atoms with Crippen molar-refractivity contribution in [3.05, 3.63) is 108 Å². The molecule has 0 unspecified atom stereocenters. The van der Waals surface area contributed by atoms with Gasteiger partial charge in [-0.2, -0.15) is 0 Å². The Morgan fingerprint density at radius 2 is 0.583 bits per heavy atom.